The van der Waals surface area contributed by atoms with Gasteiger partial charge in [-0.15, -0.1) is 0 Å². The van der Waals surface area contributed by atoms with Crippen molar-refractivity contribution in [2.45, 2.75) is 76.9 Å². The minimum Gasteiger partial charge on any atom is -0.378 e. The van der Waals surface area contributed by atoms with Crippen LogP contribution in [0.4, 0.5) is 0 Å². The highest BCUT2D eigenvalue weighted by Crippen LogP contribution is 2.53. The summed E-state index contributed by atoms with van der Waals surface area (Å²) in [6, 6.07) is 1.01. The monoisotopic (exact) mass is 403 g/mol. The fraction of sp³-hybridized carbons (Fsp3) is 0.958. The second-order valence-corrected chi connectivity index (χ2v) is 11.1. The number of ether oxygens (including phenoxy) is 1. The molecule has 0 aromatic carbocycles. The van der Waals surface area contributed by atoms with E-state index in [9.17, 15) is 4.79 Å². The third-order valence-electron chi connectivity index (χ3n) is 8.95. The number of hydrogen-bond acceptors (Lipinski definition) is 4. The molecule has 4 saturated carbocycles. The highest BCUT2D eigenvalue weighted by molar-refractivity contribution is 5.82. The van der Waals surface area contributed by atoms with Gasteiger partial charge in [0.15, 0.2) is 0 Å². The molecule has 0 aromatic heterocycles. The van der Waals surface area contributed by atoms with Crippen molar-refractivity contribution in [1.82, 2.24) is 15.1 Å². The van der Waals surface area contributed by atoms with Gasteiger partial charge in [0.2, 0.25) is 5.91 Å². The Bertz CT molecular complexity index is 559. The van der Waals surface area contributed by atoms with Crippen LogP contribution in [0.2, 0.25) is 0 Å². The van der Waals surface area contributed by atoms with E-state index in [0.29, 0.717) is 18.7 Å². The van der Waals surface area contributed by atoms with Crippen LogP contribution < -0.4 is 5.32 Å². The van der Waals surface area contributed by atoms with Gasteiger partial charge >= 0.3 is 0 Å². The van der Waals surface area contributed by atoms with E-state index >= 15 is 0 Å². The van der Waals surface area contributed by atoms with Crippen LogP contribution in [0.3, 0.4) is 0 Å². The quantitative estimate of drug-likeness (QED) is 0.767. The van der Waals surface area contributed by atoms with Gasteiger partial charge in [0, 0.05) is 25.2 Å². The molecule has 2 heterocycles. The van der Waals surface area contributed by atoms with Crippen LogP contribution in [-0.2, 0) is 9.53 Å². The first-order chi connectivity index (χ1) is 14.1. The summed E-state index contributed by atoms with van der Waals surface area (Å²) in [5, 5.41) is 3.55. The van der Waals surface area contributed by atoms with Gasteiger partial charge in [-0.05, 0) is 101 Å². The molecule has 1 N–H and O–H groups in total. The molecule has 4 aliphatic carbocycles. The van der Waals surface area contributed by atoms with Crippen molar-refractivity contribution in [3.8, 4) is 0 Å². The van der Waals surface area contributed by atoms with E-state index in [1.807, 2.05) is 0 Å². The third kappa shape index (κ3) is 4.24. The first-order valence-electron chi connectivity index (χ1n) is 12.4. The van der Waals surface area contributed by atoms with E-state index in [0.717, 1.165) is 49.3 Å². The van der Waals surface area contributed by atoms with Gasteiger partial charge in [0.1, 0.15) is 6.04 Å². The van der Waals surface area contributed by atoms with E-state index in [-0.39, 0.29) is 11.9 Å². The minimum atomic E-state index is -0.0796. The number of piperidine rings is 1. The summed E-state index contributed by atoms with van der Waals surface area (Å²) < 4.78 is 5.77. The maximum atomic E-state index is 13.3. The Kier molecular flexibility index (Phi) is 5.92. The van der Waals surface area contributed by atoms with Crippen LogP contribution in [0.1, 0.15) is 58.8 Å². The Hall–Kier alpha value is -0.650. The SMILES string of the molecule is CC(C)N1CCC(CN2CCOC[C@@H]2C(=O)NC2C3CC4CC(C3)CC2C4)CC1. The van der Waals surface area contributed by atoms with Gasteiger partial charge in [0.25, 0.3) is 0 Å². The van der Waals surface area contributed by atoms with Gasteiger partial charge in [-0.3, -0.25) is 9.69 Å². The molecule has 0 spiro atoms. The normalized spacial score (nSPS) is 41.2. The molecular formula is C24H41N3O2. The van der Waals surface area contributed by atoms with Gasteiger partial charge in [-0.2, -0.15) is 0 Å². The van der Waals surface area contributed by atoms with Crippen molar-refractivity contribution >= 4 is 5.91 Å². The van der Waals surface area contributed by atoms with Gasteiger partial charge in [-0.1, -0.05) is 0 Å². The standard InChI is InChI=1S/C24H41N3O2/c1-16(2)26-5-3-17(4-6-26)14-27-7-8-29-15-22(27)24(28)25-23-20-10-18-9-19(12-20)13-21(23)11-18/h16-23H,3-15H2,1-2H3,(H,25,28)/t18?,19?,20?,21?,22-,23?/m1/s1. The van der Waals surface area contributed by atoms with Gasteiger partial charge < -0.3 is 15.0 Å². The molecule has 5 nitrogen and oxygen atoms in total. The zero-order chi connectivity index (χ0) is 20.0. The zero-order valence-corrected chi connectivity index (χ0v) is 18.5. The second-order valence-electron chi connectivity index (χ2n) is 11.1. The molecular weight excluding hydrogens is 362 g/mol. The van der Waals surface area contributed by atoms with E-state index in [1.54, 1.807) is 0 Å². The molecule has 1 atom stereocenters. The lowest BCUT2D eigenvalue weighted by atomic mass is 9.54. The van der Waals surface area contributed by atoms with Crippen LogP contribution in [0, 0.1) is 29.6 Å². The smallest absolute Gasteiger partial charge is 0.239 e. The van der Waals surface area contributed by atoms with Crippen LogP contribution in [0.5, 0.6) is 0 Å². The molecule has 6 fully saturated rings. The minimum absolute atomic E-state index is 0.0796. The molecule has 2 saturated heterocycles. The lowest BCUT2D eigenvalue weighted by Crippen LogP contribution is -2.61. The summed E-state index contributed by atoms with van der Waals surface area (Å²) >= 11 is 0. The van der Waals surface area contributed by atoms with Crippen molar-refractivity contribution in [1.29, 1.82) is 0 Å². The van der Waals surface area contributed by atoms with Crippen molar-refractivity contribution in [3.05, 3.63) is 0 Å². The molecule has 6 rings (SSSR count). The predicted octanol–water partition coefficient (Wildman–Crippen LogP) is 2.75. The van der Waals surface area contributed by atoms with Gasteiger partial charge in [-0.25, -0.2) is 0 Å². The number of nitrogens with zero attached hydrogens (tertiary/aromatic N) is 2. The molecule has 5 heteroatoms. The zero-order valence-electron chi connectivity index (χ0n) is 18.5. The molecule has 0 unspecified atom stereocenters. The number of hydrogen-bond donors (Lipinski definition) is 1. The molecule has 29 heavy (non-hydrogen) atoms. The average molecular weight is 404 g/mol. The summed E-state index contributed by atoms with van der Waals surface area (Å²) in [4.78, 5) is 18.4. The van der Waals surface area contributed by atoms with E-state index < -0.39 is 0 Å². The Morgan fingerprint density at radius 2 is 1.66 bits per heavy atom. The Balaban J connectivity index is 1.17. The number of morpholine rings is 1. The molecule has 164 valence electrons. The Labute approximate surface area is 176 Å². The molecule has 1 amide bonds. The second kappa shape index (κ2) is 8.47. The first-order valence-corrected chi connectivity index (χ1v) is 12.4. The molecule has 4 bridgehead atoms. The van der Waals surface area contributed by atoms with Crippen LogP contribution in [-0.4, -0.2) is 73.2 Å². The van der Waals surface area contributed by atoms with Crippen molar-refractivity contribution in [2.75, 3.05) is 39.4 Å². The Morgan fingerprint density at radius 1 is 1.00 bits per heavy atom. The van der Waals surface area contributed by atoms with Crippen molar-refractivity contribution in [2.24, 2.45) is 29.6 Å². The van der Waals surface area contributed by atoms with Crippen molar-refractivity contribution < 1.29 is 9.53 Å². The maximum Gasteiger partial charge on any atom is 0.239 e. The van der Waals surface area contributed by atoms with E-state index in [1.165, 1.54) is 58.0 Å². The largest absolute Gasteiger partial charge is 0.378 e. The number of rotatable bonds is 5. The molecule has 0 aromatic rings. The number of nitrogens with one attached hydrogen (secondary N) is 1. The number of carbonyl (C=O) groups is 1. The summed E-state index contributed by atoms with van der Waals surface area (Å²) in [5.41, 5.74) is 0. The summed E-state index contributed by atoms with van der Waals surface area (Å²) in [6.07, 6.45) is 9.43. The van der Waals surface area contributed by atoms with Crippen molar-refractivity contribution in [3.63, 3.8) is 0 Å². The Morgan fingerprint density at radius 3 is 2.28 bits per heavy atom. The molecule has 0 radical (unpaired) electrons. The lowest BCUT2D eigenvalue weighted by Gasteiger charge is -2.54. The summed E-state index contributed by atoms with van der Waals surface area (Å²) in [6.45, 7) is 10.3. The summed E-state index contributed by atoms with van der Waals surface area (Å²) in [5.74, 6) is 4.37. The fourth-order valence-corrected chi connectivity index (χ4v) is 7.50. The van der Waals surface area contributed by atoms with E-state index in [4.69, 9.17) is 4.74 Å². The predicted molar refractivity (Wildman–Crippen MR) is 115 cm³/mol. The lowest BCUT2D eigenvalue weighted by molar-refractivity contribution is -0.137. The third-order valence-corrected chi connectivity index (χ3v) is 8.95. The van der Waals surface area contributed by atoms with Gasteiger partial charge in [0.05, 0.1) is 13.2 Å². The highest BCUT2D eigenvalue weighted by atomic mass is 16.5. The average Bonchev–Trinajstić information content (AvgIpc) is 2.71. The molecule has 6 aliphatic rings. The topological polar surface area (TPSA) is 44.8 Å². The highest BCUT2D eigenvalue weighted by Gasteiger charge is 2.49. The maximum absolute atomic E-state index is 13.3. The number of amides is 1. The van der Waals surface area contributed by atoms with Crippen LogP contribution in [0.25, 0.3) is 0 Å². The fourth-order valence-electron chi connectivity index (χ4n) is 7.50. The molecule has 2 aliphatic heterocycles. The van der Waals surface area contributed by atoms with Crippen LogP contribution >= 0.6 is 0 Å². The number of carbonyl (C=O) groups excluding carboxylic acids is 1. The first kappa shape index (κ1) is 20.3. The van der Waals surface area contributed by atoms with E-state index in [2.05, 4.69) is 29.0 Å². The number of likely N-dealkylation sites (tertiary alicyclic amines) is 1. The summed E-state index contributed by atoms with van der Waals surface area (Å²) in [7, 11) is 0. The van der Waals surface area contributed by atoms with Crippen LogP contribution in [0.15, 0.2) is 0 Å².